The SMILES string of the molecule is Cc1cnc2c(S(=O)(=O)NC(C)CN)cccc2c1. The summed E-state index contributed by atoms with van der Waals surface area (Å²) in [5, 5.41) is 0.809. The Balaban J connectivity index is 2.56. The summed E-state index contributed by atoms with van der Waals surface area (Å²) in [4.78, 5) is 4.42. The Labute approximate surface area is 112 Å². The molecule has 0 amide bonds. The summed E-state index contributed by atoms with van der Waals surface area (Å²) in [6.07, 6.45) is 1.66. The van der Waals surface area contributed by atoms with Crippen LogP contribution in [0.3, 0.4) is 0 Å². The van der Waals surface area contributed by atoms with E-state index < -0.39 is 10.0 Å². The number of benzene rings is 1. The standard InChI is InChI=1S/C13H17N3O2S/c1-9-6-11-4-3-5-12(13(11)15-8-9)19(17,18)16-10(2)7-14/h3-6,8,10,16H,7,14H2,1-2H3. The van der Waals surface area contributed by atoms with Crippen LogP contribution in [0, 0.1) is 6.92 Å². The molecule has 0 aliphatic rings. The van der Waals surface area contributed by atoms with Gasteiger partial charge in [0, 0.05) is 24.2 Å². The second-order valence-electron chi connectivity index (χ2n) is 4.60. The van der Waals surface area contributed by atoms with Crippen molar-refractivity contribution in [3.63, 3.8) is 0 Å². The summed E-state index contributed by atoms with van der Waals surface area (Å²) < 4.78 is 27.1. The number of hydrogen-bond donors (Lipinski definition) is 2. The van der Waals surface area contributed by atoms with Crippen LogP contribution in [0.4, 0.5) is 0 Å². The molecule has 2 rings (SSSR count). The molecule has 1 aromatic heterocycles. The smallest absolute Gasteiger partial charge is 0.243 e. The van der Waals surface area contributed by atoms with Gasteiger partial charge in [0.1, 0.15) is 4.90 Å². The second kappa shape index (κ2) is 5.24. The molecule has 0 fully saturated rings. The van der Waals surface area contributed by atoms with E-state index in [1.54, 1.807) is 25.3 Å². The third kappa shape index (κ3) is 2.91. The van der Waals surface area contributed by atoms with Crippen LogP contribution in [-0.2, 0) is 10.0 Å². The van der Waals surface area contributed by atoms with Gasteiger partial charge in [-0.1, -0.05) is 12.1 Å². The lowest BCUT2D eigenvalue weighted by molar-refractivity contribution is 0.563. The molecule has 1 aromatic carbocycles. The maximum absolute atomic E-state index is 12.3. The van der Waals surface area contributed by atoms with E-state index in [1.807, 2.05) is 19.1 Å². The maximum Gasteiger partial charge on any atom is 0.243 e. The van der Waals surface area contributed by atoms with Gasteiger partial charge < -0.3 is 5.73 Å². The summed E-state index contributed by atoms with van der Waals surface area (Å²) in [5.74, 6) is 0. The van der Waals surface area contributed by atoms with Gasteiger partial charge in [0.25, 0.3) is 0 Å². The van der Waals surface area contributed by atoms with Gasteiger partial charge >= 0.3 is 0 Å². The number of sulfonamides is 1. The zero-order valence-corrected chi connectivity index (χ0v) is 11.7. The van der Waals surface area contributed by atoms with Crippen molar-refractivity contribution in [1.82, 2.24) is 9.71 Å². The van der Waals surface area contributed by atoms with E-state index in [-0.39, 0.29) is 17.5 Å². The van der Waals surface area contributed by atoms with Crippen molar-refractivity contribution >= 4 is 20.9 Å². The highest BCUT2D eigenvalue weighted by atomic mass is 32.2. The topological polar surface area (TPSA) is 85.1 Å². The number of nitrogens with two attached hydrogens (primary N) is 1. The van der Waals surface area contributed by atoms with Gasteiger partial charge in [-0.15, -0.1) is 0 Å². The van der Waals surface area contributed by atoms with Crippen LogP contribution in [0.2, 0.25) is 0 Å². The quantitative estimate of drug-likeness (QED) is 0.879. The molecule has 6 heteroatoms. The van der Waals surface area contributed by atoms with E-state index in [2.05, 4.69) is 9.71 Å². The van der Waals surface area contributed by atoms with Gasteiger partial charge in [-0.25, -0.2) is 13.1 Å². The minimum atomic E-state index is -3.60. The number of para-hydroxylation sites is 1. The van der Waals surface area contributed by atoms with Gasteiger partial charge in [0.05, 0.1) is 5.52 Å². The number of rotatable bonds is 4. The van der Waals surface area contributed by atoms with Crippen LogP contribution < -0.4 is 10.5 Å². The molecule has 0 saturated heterocycles. The molecule has 1 atom stereocenters. The maximum atomic E-state index is 12.3. The highest BCUT2D eigenvalue weighted by Crippen LogP contribution is 2.21. The number of nitrogens with zero attached hydrogens (tertiary/aromatic N) is 1. The van der Waals surface area contributed by atoms with E-state index in [1.165, 1.54) is 0 Å². The first-order valence-electron chi connectivity index (χ1n) is 6.02. The Morgan fingerprint density at radius 3 is 2.84 bits per heavy atom. The molecule has 102 valence electrons. The fourth-order valence-corrected chi connectivity index (χ4v) is 3.27. The van der Waals surface area contributed by atoms with Crippen LogP contribution in [0.15, 0.2) is 35.4 Å². The number of pyridine rings is 1. The van der Waals surface area contributed by atoms with Gasteiger partial charge in [0.15, 0.2) is 0 Å². The third-order valence-electron chi connectivity index (χ3n) is 2.81. The average Bonchev–Trinajstić information content (AvgIpc) is 2.37. The van der Waals surface area contributed by atoms with E-state index in [0.29, 0.717) is 5.52 Å². The lowest BCUT2D eigenvalue weighted by Crippen LogP contribution is -2.37. The summed E-state index contributed by atoms with van der Waals surface area (Å²) in [7, 11) is -3.60. The summed E-state index contributed by atoms with van der Waals surface area (Å²) in [5.41, 5.74) is 6.91. The average molecular weight is 279 g/mol. The largest absolute Gasteiger partial charge is 0.329 e. The molecule has 0 saturated carbocycles. The van der Waals surface area contributed by atoms with Gasteiger partial charge in [-0.05, 0) is 31.5 Å². The Bertz CT molecular complexity index is 698. The minimum absolute atomic E-state index is 0.185. The van der Waals surface area contributed by atoms with Crippen molar-refractivity contribution in [3.05, 3.63) is 36.0 Å². The predicted octanol–water partition coefficient (Wildman–Crippen LogP) is 1.17. The van der Waals surface area contributed by atoms with Crippen LogP contribution in [-0.4, -0.2) is 26.0 Å². The number of aryl methyl sites for hydroxylation is 1. The van der Waals surface area contributed by atoms with Crippen LogP contribution >= 0.6 is 0 Å². The van der Waals surface area contributed by atoms with Crippen LogP contribution in [0.25, 0.3) is 10.9 Å². The number of fused-ring (bicyclic) bond motifs is 1. The molecule has 1 unspecified atom stereocenters. The van der Waals surface area contributed by atoms with Gasteiger partial charge in [-0.2, -0.15) is 0 Å². The monoisotopic (exact) mass is 279 g/mol. The van der Waals surface area contributed by atoms with E-state index in [9.17, 15) is 8.42 Å². The first-order valence-corrected chi connectivity index (χ1v) is 7.50. The van der Waals surface area contributed by atoms with Crippen molar-refractivity contribution in [2.45, 2.75) is 24.8 Å². The first-order chi connectivity index (χ1) is 8.94. The number of aromatic nitrogens is 1. The fourth-order valence-electron chi connectivity index (χ4n) is 1.84. The molecule has 0 radical (unpaired) electrons. The van der Waals surface area contributed by atoms with Gasteiger partial charge in [-0.3, -0.25) is 4.98 Å². The highest BCUT2D eigenvalue weighted by Gasteiger charge is 2.19. The number of hydrogen-bond acceptors (Lipinski definition) is 4. The van der Waals surface area contributed by atoms with Crippen molar-refractivity contribution in [3.8, 4) is 0 Å². The van der Waals surface area contributed by atoms with Crippen molar-refractivity contribution in [1.29, 1.82) is 0 Å². The third-order valence-corrected chi connectivity index (χ3v) is 4.43. The Morgan fingerprint density at radius 2 is 2.16 bits per heavy atom. The molecular weight excluding hydrogens is 262 g/mol. The van der Waals surface area contributed by atoms with Gasteiger partial charge in [0.2, 0.25) is 10.0 Å². The molecule has 0 spiro atoms. The molecule has 5 nitrogen and oxygen atoms in total. The van der Waals surface area contributed by atoms with Crippen molar-refractivity contribution in [2.75, 3.05) is 6.54 Å². The first kappa shape index (κ1) is 13.9. The lowest BCUT2D eigenvalue weighted by Gasteiger charge is -2.13. The molecular formula is C13H17N3O2S. The van der Waals surface area contributed by atoms with Crippen LogP contribution in [0.5, 0.6) is 0 Å². The van der Waals surface area contributed by atoms with E-state index in [0.717, 1.165) is 10.9 Å². The zero-order chi connectivity index (χ0) is 14.0. The normalized spacial score (nSPS) is 13.6. The molecule has 19 heavy (non-hydrogen) atoms. The van der Waals surface area contributed by atoms with Crippen molar-refractivity contribution in [2.24, 2.45) is 5.73 Å². The second-order valence-corrected chi connectivity index (χ2v) is 6.28. The molecule has 0 aliphatic heterocycles. The van der Waals surface area contributed by atoms with E-state index >= 15 is 0 Å². The Hall–Kier alpha value is -1.50. The van der Waals surface area contributed by atoms with E-state index in [4.69, 9.17) is 5.73 Å². The van der Waals surface area contributed by atoms with Crippen molar-refractivity contribution < 1.29 is 8.42 Å². The number of nitrogens with one attached hydrogen (secondary N) is 1. The lowest BCUT2D eigenvalue weighted by atomic mass is 10.2. The fraction of sp³-hybridized carbons (Fsp3) is 0.308. The molecule has 3 N–H and O–H groups in total. The zero-order valence-electron chi connectivity index (χ0n) is 10.9. The minimum Gasteiger partial charge on any atom is -0.329 e. The predicted molar refractivity (Wildman–Crippen MR) is 75.3 cm³/mol. The molecule has 2 aromatic rings. The summed E-state index contributed by atoms with van der Waals surface area (Å²) in [6.45, 7) is 3.89. The Morgan fingerprint density at radius 1 is 1.42 bits per heavy atom. The Kier molecular flexibility index (Phi) is 3.84. The highest BCUT2D eigenvalue weighted by molar-refractivity contribution is 7.89. The molecule has 1 heterocycles. The molecule has 0 aliphatic carbocycles. The van der Waals surface area contributed by atoms with Crippen LogP contribution in [0.1, 0.15) is 12.5 Å². The summed E-state index contributed by atoms with van der Waals surface area (Å²) >= 11 is 0. The molecule has 0 bridgehead atoms. The summed E-state index contributed by atoms with van der Waals surface area (Å²) in [6, 6.07) is 6.71.